The first kappa shape index (κ1) is 21.4. The molecule has 2 aromatic heterocycles. The zero-order valence-corrected chi connectivity index (χ0v) is 19.9. The maximum absolute atomic E-state index is 12.9. The molecule has 0 saturated heterocycles. The Kier molecular flexibility index (Phi) is 5.70. The van der Waals surface area contributed by atoms with E-state index in [2.05, 4.69) is 25.3 Å². The first-order valence-electron chi connectivity index (χ1n) is 10.7. The van der Waals surface area contributed by atoms with Gasteiger partial charge in [-0.2, -0.15) is 0 Å². The molecule has 1 fully saturated rings. The molecule has 3 aromatic rings. The van der Waals surface area contributed by atoms with Crippen LogP contribution in [0.3, 0.4) is 0 Å². The van der Waals surface area contributed by atoms with Crippen LogP contribution in [0.15, 0.2) is 39.9 Å². The Morgan fingerprint density at radius 3 is 2.53 bits per heavy atom. The van der Waals surface area contributed by atoms with Gasteiger partial charge in [0.15, 0.2) is 0 Å². The van der Waals surface area contributed by atoms with Gasteiger partial charge in [0.2, 0.25) is 0 Å². The lowest BCUT2D eigenvalue weighted by molar-refractivity contribution is 0.313. The zero-order valence-electron chi connectivity index (χ0n) is 18.3. The molecule has 1 aliphatic rings. The van der Waals surface area contributed by atoms with Crippen LogP contribution in [0.4, 0.5) is 5.69 Å². The van der Waals surface area contributed by atoms with Crippen molar-refractivity contribution < 1.29 is 8.42 Å². The molecule has 0 atom stereocenters. The fourth-order valence-electron chi connectivity index (χ4n) is 4.38. The molecule has 0 bridgehead atoms. The lowest BCUT2D eigenvalue weighted by Gasteiger charge is -2.26. The van der Waals surface area contributed by atoms with E-state index >= 15 is 0 Å². The van der Waals surface area contributed by atoms with Crippen molar-refractivity contribution in [3.63, 3.8) is 0 Å². The number of benzene rings is 1. The van der Waals surface area contributed by atoms with Gasteiger partial charge in [0.05, 0.1) is 16.7 Å². The number of fused-ring (bicyclic) bond motifs is 1. The second kappa shape index (κ2) is 8.00. The van der Waals surface area contributed by atoms with Crippen molar-refractivity contribution in [1.82, 2.24) is 9.55 Å². The highest BCUT2D eigenvalue weighted by molar-refractivity contribution is 7.94. The molecule has 162 valence electrons. The molecule has 1 aromatic carbocycles. The van der Waals surface area contributed by atoms with Crippen LogP contribution < -0.4 is 4.31 Å². The zero-order chi connectivity index (χ0) is 21.5. The first-order chi connectivity index (χ1) is 14.2. The summed E-state index contributed by atoms with van der Waals surface area (Å²) in [6.45, 7) is 7.57. The monoisotopic (exact) mass is 445 g/mol. The van der Waals surface area contributed by atoms with E-state index in [1.165, 1.54) is 47.7 Å². The summed E-state index contributed by atoms with van der Waals surface area (Å²) in [7, 11) is -1.94. The van der Waals surface area contributed by atoms with Crippen LogP contribution in [0.5, 0.6) is 0 Å². The Morgan fingerprint density at radius 2 is 1.90 bits per heavy atom. The average Bonchev–Trinajstić information content (AvgIpc) is 3.36. The number of rotatable bonds is 5. The van der Waals surface area contributed by atoms with Crippen LogP contribution >= 0.6 is 11.3 Å². The summed E-state index contributed by atoms with van der Waals surface area (Å²) in [5, 5.41) is 1.78. The van der Waals surface area contributed by atoms with E-state index in [4.69, 9.17) is 4.98 Å². The van der Waals surface area contributed by atoms with Crippen molar-refractivity contribution in [2.75, 3.05) is 11.4 Å². The summed E-state index contributed by atoms with van der Waals surface area (Å²) < 4.78 is 30.0. The SMILES string of the molecule is CN(c1ccc2c(c1)nc(C(C)(C)C)n2CC1CCCCC1)S(=O)(=O)c1cccs1. The maximum atomic E-state index is 12.9. The van der Waals surface area contributed by atoms with Crippen LogP contribution in [0, 0.1) is 5.92 Å². The standard InChI is InChI=1S/C23H31N3O2S2/c1-23(2,3)22-24-19-15-18(25(4)30(27,28)21-11-8-14-29-21)12-13-20(19)26(22)16-17-9-6-5-7-10-17/h8,11-15,17H,5-7,9-10,16H2,1-4H3. The topological polar surface area (TPSA) is 55.2 Å². The molecule has 0 N–H and O–H groups in total. The Morgan fingerprint density at radius 1 is 1.17 bits per heavy atom. The Bertz CT molecular complexity index is 1120. The molecule has 30 heavy (non-hydrogen) atoms. The van der Waals surface area contributed by atoms with Crippen molar-refractivity contribution in [1.29, 1.82) is 0 Å². The van der Waals surface area contributed by atoms with E-state index in [1.54, 1.807) is 24.6 Å². The lowest BCUT2D eigenvalue weighted by atomic mass is 9.88. The van der Waals surface area contributed by atoms with Crippen LogP contribution in [0.1, 0.15) is 58.7 Å². The van der Waals surface area contributed by atoms with Crippen LogP contribution in [0.2, 0.25) is 0 Å². The van der Waals surface area contributed by atoms with Crippen LogP contribution in [-0.4, -0.2) is 25.0 Å². The second-order valence-corrected chi connectivity index (χ2v) is 12.5. The molecule has 7 heteroatoms. The fourth-order valence-corrected chi connectivity index (χ4v) is 6.73. The van der Waals surface area contributed by atoms with Crippen molar-refractivity contribution in [2.24, 2.45) is 5.92 Å². The minimum Gasteiger partial charge on any atom is -0.327 e. The van der Waals surface area contributed by atoms with Crippen molar-refractivity contribution in [3.05, 3.63) is 41.5 Å². The maximum Gasteiger partial charge on any atom is 0.273 e. The number of hydrogen-bond acceptors (Lipinski definition) is 4. The third kappa shape index (κ3) is 4.02. The Hall–Kier alpha value is -1.86. The smallest absolute Gasteiger partial charge is 0.273 e. The van der Waals surface area contributed by atoms with E-state index in [-0.39, 0.29) is 5.41 Å². The number of sulfonamides is 1. The highest BCUT2D eigenvalue weighted by atomic mass is 32.2. The normalized spacial score (nSPS) is 16.3. The summed E-state index contributed by atoms with van der Waals surface area (Å²) in [6, 6.07) is 9.25. The summed E-state index contributed by atoms with van der Waals surface area (Å²) in [6.07, 6.45) is 6.54. The number of aromatic nitrogens is 2. The molecule has 1 saturated carbocycles. The van der Waals surface area contributed by atoms with Gasteiger partial charge in [-0.25, -0.2) is 13.4 Å². The van der Waals surface area contributed by atoms with E-state index < -0.39 is 10.0 Å². The van der Waals surface area contributed by atoms with E-state index in [9.17, 15) is 8.42 Å². The Balaban J connectivity index is 1.74. The summed E-state index contributed by atoms with van der Waals surface area (Å²) >= 11 is 1.24. The molecule has 0 unspecified atom stereocenters. The summed E-state index contributed by atoms with van der Waals surface area (Å²) in [5.41, 5.74) is 2.51. The van der Waals surface area contributed by atoms with Crippen LogP contribution in [0.25, 0.3) is 11.0 Å². The predicted molar refractivity (Wildman–Crippen MR) is 125 cm³/mol. The van der Waals surface area contributed by atoms with Gasteiger partial charge < -0.3 is 4.57 Å². The molecule has 0 amide bonds. The van der Waals surface area contributed by atoms with Gasteiger partial charge in [-0.05, 0) is 48.4 Å². The molecule has 0 aliphatic heterocycles. The highest BCUT2D eigenvalue weighted by Gasteiger charge is 2.27. The molecule has 1 aliphatic carbocycles. The van der Waals surface area contributed by atoms with E-state index in [1.807, 2.05) is 18.2 Å². The van der Waals surface area contributed by atoms with Gasteiger partial charge >= 0.3 is 0 Å². The van der Waals surface area contributed by atoms with Crippen molar-refractivity contribution in [2.45, 2.75) is 69.0 Å². The Labute approximate surface area is 183 Å². The number of hydrogen-bond donors (Lipinski definition) is 0. The molecule has 0 spiro atoms. The summed E-state index contributed by atoms with van der Waals surface area (Å²) in [4.78, 5) is 4.98. The van der Waals surface area contributed by atoms with Crippen molar-refractivity contribution >= 4 is 38.1 Å². The minimum absolute atomic E-state index is 0.0806. The number of nitrogens with zero attached hydrogens (tertiary/aromatic N) is 3. The number of anilines is 1. The fraction of sp³-hybridized carbons (Fsp3) is 0.522. The highest BCUT2D eigenvalue weighted by Crippen LogP contribution is 2.33. The average molecular weight is 446 g/mol. The third-order valence-corrected chi connectivity index (χ3v) is 9.20. The van der Waals surface area contributed by atoms with Gasteiger partial charge in [-0.3, -0.25) is 4.31 Å². The molecular formula is C23H31N3O2S2. The van der Waals surface area contributed by atoms with Gasteiger partial charge in [0.25, 0.3) is 10.0 Å². The lowest BCUT2D eigenvalue weighted by Crippen LogP contribution is -2.25. The van der Waals surface area contributed by atoms with E-state index in [0.29, 0.717) is 15.8 Å². The first-order valence-corrected chi connectivity index (χ1v) is 13.0. The van der Waals surface area contributed by atoms with Gasteiger partial charge in [0, 0.05) is 19.0 Å². The largest absolute Gasteiger partial charge is 0.327 e. The van der Waals surface area contributed by atoms with Gasteiger partial charge in [-0.15, -0.1) is 11.3 Å². The quantitative estimate of drug-likeness (QED) is 0.499. The van der Waals surface area contributed by atoms with Crippen LogP contribution in [-0.2, 0) is 22.0 Å². The van der Waals surface area contributed by atoms with Gasteiger partial charge in [-0.1, -0.05) is 46.1 Å². The molecule has 0 radical (unpaired) electrons. The molecule has 4 rings (SSSR count). The minimum atomic E-state index is -3.55. The number of thiophene rings is 1. The van der Waals surface area contributed by atoms with Gasteiger partial charge in [0.1, 0.15) is 10.0 Å². The molecule has 2 heterocycles. The third-order valence-electron chi connectivity index (χ3n) is 6.04. The molecular weight excluding hydrogens is 414 g/mol. The molecule has 5 nitrogen and oxygen atoms in total. The van der Waals surface area contributed by atoms with E-state index in [0.717, 1.165) is 23.4 Å². The summed E-state index contributed by atoms with van der Waals surface area (Å²) in [5.74, 6) is 1.77. The van der Waals surface area contributed by atoms with Crippen molar-refractivity contribution in [3.8, 4) is 0 Å². The predicted octanol–water partition coefficient (Wildman–Crippen LogP) is 5.80. The number of imidazole rings is 1. The second-order valence-electron chi connectivity index (χ2n) is 9.38.